The highest BCUT2D eigenvalue weighted by Gasteiger charge is 2.38. The van der Waals surface area contributed by atoms with Crippen molar-refractivity contribution in [3.63, 3.8) is 0 Å². The molecule has 0 aromatic rings. The van der Waals surface area contributed by atoms with E-state index >= 15 is 0 Å². The van der Waals surface area contributed by atoms with Gasteiger partial charge in [0.15, 0.2) is 0 Å². The van der Waals surface area contributed by atoms with Gasteiger partial charge in [-0.1, -0.05) is 179 Å². The van der Waals surface area contributed by atoms with Crippen molar-refractivity contribution in [2.24, 2.45) is 11.8 Å². The third-order valence-electron chi connectivity index (χ3n) is 16.9. The van der Waals surface area contributed by atoms with Crippen LogP contribution in [-0.2, 0) is 19.2 Å². The second kappa shape index (κ2) is 48.9. The molecule has 0 bridgehead atoms. The average Bonchev–Trinajstić information content (AvgIpc) is 3.42. The van der Waals surface area contributed by atoms with Crippen molar-refractivity contribution in [3.8, 4) is 0 Å². The summed E-state index contributed by atoms with van der Waals surface area (Å²) in [5.41, 5.74) is 0. The molecule has 2 fully saturated rings. The summed E-state index contributed by atoms with van der Waals surface area (Å²) < 4.78 is 0. The van der Waals surface area contributed by atoms with Crippen molar-refractivity contribution in [2.75, 3.05) is 87.6 Å². The molecule has 2 N–H and O–H groups in total. The van der Waals surface area contributed by atoms with Crippen LogP contribution >= 0.6 is 0 Å². The maximum atomic E-state index is 14.4. The molecule has 0 aliphatic heterocycles. The number of nitrogens with one attached hydrogen (secondary N) is 2. The standard InChI is InChI=1S/C67H127N7O4/c1-8-10-12-14-16-18-20-22-24-26-28-30-32-34-42-50-62(75)73(56-44-54-70(3)4)64(60-46-38-36-39-47-60)66(77)68-52-58-72(7)59-53-69-67(78)65(61-48-40-37-41-49-61)74(57-45-55-71(5)6)63(76)51-43-35-33-31-29-27-25-23-21-19-17-15-13-11-9-2/h22-25,60-61,64-65H,8-21,26-59H2,1-7H3,(H,68,77)(H,69,78)/b24-22-,25-23-. The third kappa shape index (κ3) is 35.9. The molecule has 11 heteroatoms. The molecule has 11 nitrogen and oxygen atoms in total. The topological polar surface area (TPSA) is 109 Å². The predicted molar refractivity (Wildman–Crippen MR) is 333 cm³/mol. The molecular weight excluding hydrogens is 967 g/mol. The van der Waals surface area contributed by atoms with Crippen molar-refractivity contribution < 1.29 is 19.2 Å². The number of nitrogens with zero attached hydrogens (tertiary/aromatic N) is 5. The molecule has 2 unspecified atom stereocenters. The van der Waals surface area contributed by atoms with Crippen LogP contribution in [-0.4, -0.2) is 148 Å². The molecule has 2 atom stereocenters. The summed E-state index contributed by atoms with van der Waals surface area (Å²) in [4.78, 5) is 67.7. The number of rotatable bonds is 50. The highest BCUT2D eigenvalue weighted by molar-refractivity contribution is 5.88. The zero-order chi connectivity index (χ0) is 56.7. The fourth-order valence-electron chi connectivity index (χ4n) is 12.1. The van der Waals surface area contributed by atoms with Gasteiger partial charge in [-0.2, -0.15) is 0 Å². The van der Waals surface area contributed by atoms with Crippen LogP contribution in [0.1, 0.15) is 271 Å². The van der Waals surface area contributed by atoms with Crippen molar-refractivity contribution in [3.05, 3.63) is 24.3 Å². The fraction of sp³-hybridized carbons (Fsp3) is 0.881. The lowest BCUT2D eigenvalue weighted by molar-refractivity contribution is -0.143. The Morgan fingerprint density at radius 2 is 0.692 bits per heavy atom. The monoisotopic (exact) mass is 1090 g/mol. The lowest BCUT2D eigenvalue weighted by atomic mass is 9.82. The number of carbonyl (C=O) groups is 4. The molecule has 0 saturated heterocycles. The first-order valence-electron chi connectivity index (χ1n) is 33.4. The normalized spacial score (nSPS) is 15.5. The summed E-state index contributed by atoms with van der Waals surface area (Å²) in [6.07, 6.45) is 54.9. The predicted octanol–water partition coefficient (Wildman–Crippen LogP) is 14.7. The van der Waals surface area contributed by atoms with Crippen LogP contribution in [0.4, 0.5) is 0 Å². The van der Waals surface area contributed by atoms with Gasteiger partial charge in [-0.05, 0) is 163 Å². The number of hydrogen-bond donors (Lipinski definition) is 2. The highest BCUT2D eigenvalue weighted by Crippen LogP contribution is 2.32. The Morgan fingerprint density at radius 3 is 1.01 bits per heavy atom. The van der Waals surface area contributed by atoms with Crippen molar-refractivity contribution in [2.45, 2.75) is 283 Å². The zero-order valence-electron chi connectivity index (χ0n) is 52.4. The molecule has 0 aromatic carbocycles. The third-order valence-corrected chi connectivity index (χ3v) is 16.9. The van der Waals surface area contributed by atoms with Crippen LogP contribution in [0.5, 0.6) is 0 Å². The van der Waals surface area contributed by atoms with Crippen molar-refractivity contribution >= 4 is 23.6 Å². The molecule has 2 saturated carbocycles. The summed E-state index contributed by atoms with van der Waals surface area (Å²) in [7, 11) is 10.3. The second-order valence-corrected chi connectivity index (χ2v) is 24.7. The van der Waals surface area contributed by atoms with Crippen LogP contribution in [0.2, 0.25) is 0 Å². The van der Waals surface area contributed by atoms with E-state index in [0.29, 0.717) is 52.1 Å². The Bertz CT molecular complexity index is 1410. The van der Waals surface area contributed by atoms with E-state index in [2.05, 4.69) is 91.7 Å². The molecule has 2 rings (SSSR count). The van der Waals surface area contributed by atoms with Gasteiger partial charge in [0.05, 0.1) is 0 Å². The van der Waals surface area contributed by atoms with E-state index in [4.69, 9.17) is 0 Å². The van der Waals surface area contributed by atoms with E-state index in [1.165, 1.54) is 128 Å². The second-order valence-electron chi connectivity index (χ2n) is 24.7. The van der Waals surface area contributed by atoms with Gasteiger partial charge in [0.2, 0.25) is 23.6 Å². The van der Waals surface area contributed by atoms with Crippen LogP contribution in [0.15, 0.2) is 24.3 Å². The van der Waals surface area contributed by atoms with Crippen LogP contribution < -0.4 is 10.6 Å². The van der Waals surface area contributed by atoms with Crippen molar-refractivity contribution in [1.82, 2.24) is 35.1 Å². The first kappa shape index (κ1) is 71.3. The number of likely N-dealkylation sites (N-methyl/N-ethyl adjacent to an activating group) is 1. The van der Waals surface area contributed by atoms with E-state index < -0.39 is 12.1 Å². The van der Waals surface area contributed by atoms with Crippen LogP contribution in [0.3, 0.4) is 0 Å². The molecule has 0 spiro atoms. The molecule has 78 heavy (non-hydrogen) atoms. The smallest absolute Gasteiger partial charge is 0.243 e. The fourth-order valence-corrected chi connectivity index (χ4v) is 12.1. The van der Waals surface area contributed by atoms with Gasteiger partial charge in [0, 0.05) is 52.1 Å². The maximum Gasteiger partial charge on any atom is 0.243 e. The average molecular weight is 1090 g/mol. The molecule has 0 heterocycles. The van der Waals surface area contributed by atoms with E-state index in [1.54, 1.807) is 0 Å². The summed E-state index contributed by atoms with van der Waals surface area (Å²) in [5, 5.41) is 6.60. The Morgan fingerprint density at radius 1 is 0.385 bits per heavy atom. The molecule has 4 amide bonds. The quantitative estimate of drug-likeness (QED) is 0.0461. The summed E-state index contributed by atoms with van der Waals surface area (Å²) in [6.45, 7) is 9.75. The Kier molecular flexibility index (Phi) is 44.7. The SMILES string of the molecule is CCCCCCCC/C=C\CCCCCCCC(=O)N(CCCN(C)C)C(C(=O)NCCN(C)CCNC(=O)C(C1CCCCC1)N(CCCN(C)C)C(=O)CCCCCCC/C=C\CCCCCCCC)C1CCCCC1. The molecule has 454 valence electrons. The van der Waals surface area contributed by atoms with Gasteiger partial charge in [0.25, 0.3) is 0 Å². The number of allylic oxidation sites excluding steroid dienone is 4. The minimum Gasteiger partial charge on any atom is -0.353 e. The summed E-state index contributed by atoms with van der Waals surface area (Å²) in [6, 6.07) is -0.880. The van der Waals surface area contributed by atoms with Crippen LogP contribution in [0.25, 0.3) is 0 Å². The molecule has 2 aliphatic carbocycles. The van der Waals surface area contributed by atoms with E-state index in [-0.39, 0.29) is 35.5 Å². The number of carbonyl (C=O) groups excluding carboxylic acids is 4. The first-order valence-corrected chi connectivity index (χ1v) is 33.4. The van der Waals surface area contributed by atoms with Gasteiger partial charge in [-0.25, -0.2) is 0 Å². The van der Waals surface area contributed by atoms with Crippen LogP contribution in [0, 0.1) is 11.8 Å². The Balaban J connectivity index is 1.94. The Hall–Kier alpha value is -2.76. The number of hydrogen-bond acceptors (Lipinski definition) is 7. The summed E-state index contributed by atoms with van der Waals surface area (Å²) >= 11 is 0. The molecular formula is C67H127N7O4. The lowest BCUT2D eigenvalue weighted by Gasteiger charge is -2.38. The van der Waals surface area contributed by atoms with Gasteiger partial charge in [-0.15, -0.1) is 0 Å². The first-order chi connectivity index (χ1) is 38.0. The van der Waals surface area contributed by atoms with E-state index in [0.717, 1.165) is 129 Å². The van der Waals surface area contributed by atoms with E-state index in [9.17, 15) is 19.2 Å². The maximum absolute atomic E-state index is 14.4. The Labute approximate surface area is 482 Å². The lowest BCUT2D eigenvalue weighted by Crippen LogP contribution is -2.55. The van der Waals surface area contributed by atoms with E-state index in [1.807, 2.05) is 16.8 Å². The molecule has 0 radical (unpaired) electrons. The van der Waals surface area contributed by atoms with Gasteiger partial charge in [-0.3, -0.25) is 19.2 Å². The van der Waals surface area contributed by atoms with Gasteiger partial charge in [0.1, 0.15) is 12.1 Å². The summed E-state index contributed by atoms with van der Waals surface area (Å²) in [5.74, 6) is 0.606. The molecule has 0 aromatic heterocycles. The highest BCUT2D eigenvalue weighted by atomic mass is 16.2. The van der Waals surface area contributed by atoms with Gasteiger partial charge >= 0.3 is 0 Å². The number of unbranched alkanes of at least 4 members (excludes halogenated alkanes) is 22. The minimum atomic E-state index is -0.440. The largest absolute Gasteiger partial charge is 0.353 e. The molecule has 2 aliphatic rings. The van der Waals surface area contributed by atoms with Gasteiger partial charge < -0.3 is 35.1 Å². The minimum absolute atomic E-state index is 0.0116. The van der Waals surface area contributed by atoms with Crippen molar-refractivity contribution in [1.29, 1.82) is 0 Å². The number of amides is 4. The zero-order valence-corrected chi connectivity index (χ0v) is 52.4.